The highest BCUT2D eigenvalue weighted by molar-refractivity contribution is 7.89. The molecule has 0 atom stereocenters. The second-order valence-corrected chi connectivity index (χ2v) is 14.4. The summed E-state index contributed by atoms with van der Waals surface area (Å²) in [7, 11) is -3.62. The van der Waals surface area contributed by atoms with Crippen molar-refractivity contribution in [2.75, 3.05) is 44.2 Å². The van der Waals surface area contributed by atoms with Crippen LogP contribution in [0.4, 0.5) is 5.69 Å². The van der Waals surface area contributed by atoms with Crippen LogP contribution in [0.15, 0.2) is 41.3 Å². The van der Waals surface area contributed by atoms with Gasteiger partial charge in [0.2, 0.25) is 10.0 Å². The lowest BCUT2D eigenvalue weighted by atomic mass is 10.0. The van der Waals surface area contributed by atoms with Crippen molar-refractivity contribution >= 4 is 67.7 Å². The molecule has 6 rings (SSSR count). The fraction of sp³-hybridized carbons (Fsp3) is 0.483. The minimum Gasteiger partial charge on any atom is -0.457 e. The highest BCUT2D eigenvalue weighted by Crippen LogP contribution is 2.34. The van der Waals surface area contributed by atoms with Crippen molar-refractivity contribution in [2.24, 2.45) is 0 Å². The molecule has 11 nitrogen and oxygen atoms in total. The van der Waals surface area contributed by atoms with Gasteiger partial charge in [-0.05, 0) is 75.8 Å². The van der Waals surface area contributed by atoms with Gasteiger partial charge in [-0.2, -0.15) is 13.1 Å². The van der Waals surface area contributed by atoms with E-state index in [1.54, 1.807) is 39.5 Å². The minimum absolute atomic E-state index is 0.0798. The van der Waals surface area contributed by atoms with Crippen LogP contribution < -0.4 is 4.90 Å². The monoisotopic (exact) mass is 642 g/mol. The van der Waals surface area contributed by atoms with Gasteiger partial charge in [-0.25, -0.2) is 13.2 Å². The average molecular weight is 643 g/mol. The molecule has 0 saturated carbocycles. The molecule has 0 unspecified atom stereocenters. The predicted octanol–water partition coefficient (Wildman–Crippen LogP) is 3.64. The molecule has 0 aliphatic carbocycles. The Balaban J connectivity index is 0.950. The highest BCUT2D eigenvalue weighted by Gasteiger charge is 2.49. The zero-order valence-corrected chi connectivity index (χ0v) is 26.6. The number of rotatable bonds is 10. The molecule has 0 bridgehead atoms. The smallest absolute Gasteiger partial charge is 0.338 e. The number of carbonyl (C=O) groups is 2. The molecule has 2 aromatic carbocycles. The van der Waals surface area contributed by atoms with Crippen LogP contribution >= 0.6 is 23.9 Å². The molecule has 3 aliphatic heterocycles. The predicted molar refractivity (Wildman–Crippen MR) is 168 cm³/mol. The van der Waals surface area contributed by atoms with Crippen LogP contribution in [-0.2, 0) is 26.2 Å². The first-order valence-electron chi connectivity index (χ1n) is 14.5. The molecule has 3 aliphatic rings. The van der Waals surface area contributed by atoms with Crippen molar-refractivity contribution in [3.8, 4) is 0 Å². The number of benzene rings is 2. The molecule has 3 aromatic rings. The number of aromatic nitrogens is 2. The summed E-state index contributed by atoms with van der Waals surface area (Å²) >= 11 is 6.79. The van der Waals surface area contributed by atoms with Gasteiger partial charge >= 0.3 is 5.97 Å². The molecule has 2 saturated heterocycles. The Morgan fingerprint density at radius 3 is 2.49 bits per heavy atom. The number of piperazine rings is 1. The van der Waals surface area contributed by atoms with Gasteiger partial charge < -0.3 is 14.5 Å². The molecule has 0 spiro atoms. The van der Waals surface area contributed by atoms with E-state index in [1.165, 1.54) is 0 Å². The first kappa shape index (κ1) is 30.0. The van der Waals surface area contributed by atoms with E-state index in [0.29, 0.717) is 60.1 Å². The summed E-state index contributed by atoms with van der Waals surface area (Å²) in [6.07, 6.45) is 3.96. The number of esters is 1. The zero-order valence-electron chi connectivity index (χ0n) is 24.2. The minimum atomic E-state index is -3.62. The van der Waals surface area contributed by atoms with E-state index in [1.807, 2.05) is 24.8 Å². The van der Waals surface area contributed by atoms with Gasteiger partial charge in [0.15, 0.2) is 5.11 Å². The maximum absolute atomic E-state index is 13.4. The van der Waals surface area contributed by atoms with E-state index in [2.05, 4.69) is 13.6 Å². The molecule has 2 fully saturated rings. The van der Waals surface area contributed by atoms with Gasteiger partial charge in [0.25, 0.3) is 5.91 Å². The molecular weight excluding hydrogens is 609 g/mol. The van der Waals surface area contributed by atoms with Crippen molar-refractivity contribution in [1.29, 1.82) is 0 Å². The largest absolute Gasteiger partial charge is 0.457 e. The lowest BCUT2D eigenvalue weighted by Crippen LogP contribution is -2.48. The summed E-state index contributed by atoms with van der Waals surface area (Å²) < 4.78 is 41.6. The Labute approximate surface area is 260 Å². The molecule has 0 N–H and O–H groups in total. The number of ether oxygens (including phenoxy) is 1. The molecule has 0 radical (unpaired) electrons. The van der Waals surface area contributed by atoms with E-state index >= 15 is 0 Å². The number of carbonyl (C=O) groups excluding carboxylic acids is 2. The summed E-state index contributed by atoms with van der Waals surface area (Å²) in [6, 6.07) is 10.4. The van der Waals surface area contributed by atoms with Crippen LogP contribution in [0.2, 0.25) is 0 Å². The van der Waals surface area contributed by atoms with Gasteiger partial charge in [-0.1, -0.05) is 18.9 Å². The molecule has 14 heteroatoms. The number of fused-ring (bicyclic) bond motifs is 2. The molecular formula is C29H34N6O5S3. The van der Waals surface area contributed by atoms with Crippen LogP contribution in [0.3, 0.4) is 0 Å². The first-order valence-corrected chi connectivity index (χ1v) is 17.1. The summed E-state index contributed by atoms with van der Waals surface area (Å²) in [5.74, 6) is -0.420. The lowest BCUT2D eigenvalue weighted by Gasteiger charge is -2.34. The number of hydrogen-bond acceptors (Lipinski definition) is 10. The summed E-state index contributed by atoms with van der Waals surface area (Å²) in [6.45, 7) is 7.91. The molecule has 228 valence electrons. The fourth-order valence-corrected chi connectivity index (χ4v) is 8.66. The first-order chi connectivity index (χ1) is 20.6. The average Bonchev–Trinajstić information content (AvgIpc) is 3.66. The van der Waals surface area contributed by atoms with Crippen molar-refractivity contribution in [2.45, 2.75) is 56.6 Å². The topological polar surface area (TPSA) is 116 Å². The number of cyclic esters (lactones) is 1. The third-order valence-corrected chi connectivity index (χ3v) is 11.4. The van der Waals surface area contributed by atoms with E-state index in [0.717, 1.165) is 49.5 Å². The second-order valence-electron chi connectivity index (χ2n) is 11.6. The number of thiocarbonyl (C=S) groups is 1. The van der Waals surface area contributed by atoms with E-state index in [4.69, 9.17) is 17.0 Å². The van der Waals surface area contributed by atoms with Crippen LogP contribution in [0.25, 0.3) is 11.0 Å². The quantitative estimate of drug-likeness (QED) is 0.184. The Hall–Kier alpha value is -3.04. The van der Waals surface area contributed by atoms with Crippen LogP contribution in [0, 0.1) is 0 Å². The standard InChI is InChI=1S/C29H34N6O5S3/c1-29(2)27(37)35(21-10-11-22-20(18-21)19-40-26(22)36)28(41)34(29)13-6-4-3-5-12-32-14-16-33(17-15-32)43(38,39)24-9-7-8-23-25(24)31-42-30-23/h7-11,18H,3-6,12-17,19H2,1-2H3. The van der Waals surface area contributed by atoms with E-state index < -0.39 is 15.6 Å². The third kappa shape index (κ3) is 5.55. The summed E-state index contributed by atoms with van der Waals surface area (Å²) in [5.41, 5.74) is 2.25. The number of anilines is 1. The molecule has 43 heavy (non-hydrogen) atoms. The van der Waals surface area contributed by atoms with Gasteiger partial charge in [0, 0.05) is 38.3 Å². The van der Waals surface area contributed by atoms with Crippen molar-refractivity contribution in [3.63, 3.8) is 0 Å². The van der Waals surface area contributed by atoms with Gasteiger partial charge in [-0.15, -0.1) is 0 Å². The number of hydrogen-bond donors (Lipinski definition) is 0. The molecule has 1 aromatic heterocycles. The zero-order chi connectivity index (χ0) is 30.4. The number of sulfonamides is 1. The van der Waals surface area contributed by atoms with Crippen molar-refractivity contribution in [3.05, 3.63) is 47.5 Å². The Morgan fingerprint density at radius 1 is 0.977 bits per heavy atom. The lowest BCUT2D eigenvalue weighted by molar-refractivity contribution is -0.123. The Bertz CT molecular complexity index is 1680. The Kier molecular flexibility index (Phi) is 8.24. The van der Waals surface area contributed by atoms with Gasteiger partial charge in [-0.3, -0.25) is 9.69 Å². The second kappa shape index (κ2) is 11.8. The van der Waals surface area contributed by atoms with E-state index in [-0.39, 0.29) is 23.4 Å². The summed E-state index contributed by atoms with van der Waals surface area (Å²) in [5, 5.41) is 0.482. The van der Waals surface area contributed by atoms with Gasteiger partial charge in [0.05, 0.1) is 23.0 Å². The number of nitrogens with zero attached hydrogens (tertiary/aromatic N) is 6. The summed E-state index contributed by atoms with van der Waals surface area (Å²) in [4.78, 5) is 31.3. The number of unbranched alkanes of at least 4 members (excludes halogenated alkanes) is 3. The van der Waals surface area contributed by atoms with Crippen molar-refractivity contribution in [1.82, 2.24) is 22.9 Å². The Morgan fingerprint density at radius 2 is 1.72 bits per heavy atom. The maximum Gasteiger partial charge on any atom is 0.338 e. The SMILES string of the molecule is CC1(C)C(=O)N(c2ccc3c(c2)COC3=O)C(=S)N1CCCCCCN1CCN(S(=O)(=O)c2cccc3nsnc23)CC1. The van der Waals surface area contributed by atoms with Crippen LogP contribution in [-0.4, -0.2) is 93.1 Å². The van der Waals surface area contributed by atoms with Crippen molar-refractivity contribution < 1.29 is 22.7 Å². The van der Waals surface area contributed by atoms with Crippen LogP contribution in [0.5, 0.6) is 0 Å². The maximum atomic E-state index is 13.4. The molecule has 1 amide bonds. The molecule has 4 heterocycles. The normalized spacial score (nSPS) is 19.4. The fourth-order valence-electron chi connectivity index (χ4n) is 5.98. The van der Waals surface area contributed by atoms with E-state index in [9.17, 15) is 18.0 Å². The van der Waals surface area contributed by atoms with Crippen LogP contribution in [0.1, 0.15) is 55.5 Å². The number of amides is 1. The van der Waals surface area contributed by atoms with Gasteiger partial charge in [0.1, 0.15) is 28.1 Å². The third-order valence-electron chi connectivity index (χ3n) is 8.55. The highest BCUT2D eigenvalue weighted by atomic mass is 32.2.